The maximum absolute atomic E-state index is 12.1. The van der Waals surface area contributed by atoms with E-state index in [1.54, 1.807) is 6.92 Å². The number of carbonyl (C=O) groups excluding carboxylic acids is 2. The molecule has 0 unspecified atom stereocenters. The first-order chi connectivity index (χ1) is 9.52. The van der Waals surface area contributed by atoms with Gasteiger partial charge >= 0.3 is 11.9 Å². The van der Waals surface area contributed by atoms with Gasteiger partial charge in [-0.3, -0.25) is 14.3 Å². The summed E-state index contributed by atoms with van der Waals surface area (Å²) in [5.41, 5.74) is 0.0816. The molecule has 8 heteroatoms. The molecule has 0 radical (unpaired) electrons. The standard InChI is InChI=1S/C12H15N3O5/c1-2-20-10(16)3-4-14-5-6-15-9(11(14)17)7-8(13-15)12(18)19/h7H,2-6H2,1H3,(H,18,19). The molecule has 0 bridgehead atoms. The van der Waals surface area contributed by atoms with Crippen LogP contribution >= 0.6 is 0 Å². The van der Waals surface area contributed by atoms with E-state index in [2.05, 4.69) is 5.10 Å². The first kappa shape index (κ1) is 14.0. The van der Waals surface area contributed by atoms with Crippen LogP contribution < -0.4 is 0 Å². The Labute approximate surface area is 114 Å². The van der Waals surface area contributed by atoms with Crippen molar-refractivity contribution >= 4 is 17.8 Å². The lowest BCUT2D eigenvalue weighted by Crippen LogP contribution is -2.41. The van der Waals surface area contributed by atoms with Gasteiger partial charge in [0.2, 0.25) is 0 Å². The van der Waals surface area contributed by atoms with Gasteiger partial charge in [0.15, 0.2) is 5.69 Å². The molecule has 1 amide bonds. The molecule has 108 valence electrons. The summed E-state index contributed by atoms with van der Waals surface area (Å²) in [6, 6.07) is 1.25. The summed E-state index contributed by atoms with van der Waals surface area (Å²) in [7, 11) is 0. The minimum absolute atomic E-state index is 0.125. The molecule has 1 aromatic rings. The smallest absolute Gasteiger partial charge is 0.356 e. The van der Waals surface area contributed by atoms with Crippen molar-refractivity contribution in [2.75, 3.05) is 19.7 Å². The highest BCUT2D eigenvalue weighted by Gasteiger charge is 2.27. The Morgan fingerprint density at radius 1 is 1.45 bits per heavy atom. The molecular weight excluding hydrogens is 266 g/mol. The SMILES string of the molecule is CCOC(=O)CCN1CCn2nc(C(=O)O)cc2C1=O. The molecule has 1 aromatic heterocycles. The number of aromatic carboxylic acids is 1. The van der Waals surface area contributed by atoms with Crippen LogP contribution in [0.25, 0.3) is 0 Å². The van der Waals surface area contributed by atoms with Crippen LogP contribution in [-0.2, 0) is 16.1 Å². The van der Waals surface area contributed by atoms with Crippen molar-refractivity contribution in [3.05, 3.63) is 17.5 Å². The van der Waals surface area contributed by atoms with Gasteiger partial charge < -0.3 is 14.7 Å². The van der Waals surface area contributed by atoms with Crippen molar-refractivity contribution in [3.8, 4) is 0 Å². The molecule has 8 nitrogen and oxygen atoms in total. The van der Waals surface area contributed by atoms with E-state index in [4.69, 9.17) is 9.84 Å². The number of carbonyl (C=O) groups is 3. The topological polar surface area (TPSA) is 102 Å². The number of carboxylic acid groups (broad SMARTS) is 1. The van der Waals surface area contributed by atoms with Crippen molar-refractivity contribution in [2.24, 2.45) is 0 Å². The number of hydrogen-bond acceptors (Lipinski definition) is 5. The van der Waals surface area contributed by atoms with Crippen molar-refractivity contribution in [1.29, 1.82) is 0 Å². The minimum Gasteiger partial charge on any atom is -0.476 e. The minimum atomic E-state index is -1.17. The Bertz CT molecular complexity index is 551. The first-order valence-electron chi connectivity index (χ1n) is 6.29. The molecule has 0 saturated carbocycles. The second-order valence-electron chi connectivity index (χ2n) is 4.29. The zero-order chi connectivity index (χ0) is 14.7. The lowest BCUT2D eigenvalue weighted by Gasteiger charge is -2.26. The Morgan fingerprint density at radius 2 is 2.20 bits per heavy atom. The normalized spacial score (nSPS) is 14.1. The number of esters is 1. The average Bonchev–Trinajstić information content (AvgIpc) is 2.83. The fraction of sp³-hybridized carbons (Fsp3) is 0.500. The summed E-state index contributed by atoms with van der Waals surface area (Å²) in [6.07, 6.45) is 0.125. The third-order valence-electron chi connectivity index (χ3n) is 2.98. The number of nitrogens with zero attached hydrogens (tertiary/aromatic N) is 3. The van der Waals surface area contributed by atoms with E-state index in [0.717, 1.165) is 0 Å². The number of fused-ring (bicyclic) bond motifs is 1. The van der Waals surface area contributed by atoms with Crippen LogP contribution in [0.2, 0.25) is 0 Å². The Morgan fingerprint density at radius 3 is 2.85 bits per heavy atom. The summed E-state index contributed by atoms with van der Waals surface area (Å²) in [5, 5.41) is 12.7. The van der Waals surface area contributed by atoms with Gasteiger partial charge in [0.1, 0.15) is 5.69 Å². The molecule has 0 spiro atoms. The third-order valence-corrected chi connectivity index (χ3v) is 2.98. The zero-order valence-electron chi connectivity index (χ0n) is 11.0. The molecule has 1 aliphatic heterocycles. The van der Waals surface area contributed by atoms with Crippen LogP contribution in [0.1, 0.15) is 34.3 Å². The quantitative estimate of drug-likeness (QED) is 0.762. The van der Waals surface area contributed by atoms with E-state index in [-0.39, 0.29) is 36.2 Å². The van der Waals surface area contributed by atoms with E-state index in [9.17, 15) is 14.4 Å². The Kier molecular flexibility index (Phi) is 4.02. The lowest BCUT2D eigenvalue weighted by atomic mass is 10.2. The second-order valence-corrected chi connectivity index (χ2v) is 4.29. The van der Waals surface area contributed by atoms with Gasteiger partial charge in [0.05, 0.1) is 19.6 Å². The van der Waals surface area contributed by atoms with Crippen LogP contribution in [0.5, 0.6) is 0 Å². The van der Waals surface area contributed by atoms with E-state index in [1.807, 2.05) is 0 Å². The Hall–Kier alpha value is -2.38. The van der Waals surface area contributed by atoms with E-state index in [1.165, 1.54) is 15.6 Å². The van der Waals surface area contributed by atoms with E-state index < -0.39 is 5.97 Å². The van der Waals surface area contributed by atoms with Gasteiger partial charge in [-0.15, -0.1) is 0 Å². The molecule has 20 heavy (non-hydrogen) atoms. The second kappa shape index (κ2) is 5.72. The van der Waals surface area contributed by atoms with Crippen molar-refractivity contribution in [1.82, 2.24) is 14.7 Å². The monoisotopic (exact) mass is 281 g/mol. The van der Waals surface area contributed by atoms with Crippen LogP contribution in [0.15, 0.2) is 6.07 Å². The maximum Gasteiger partial charge on any atom is 0.356 e. The molecular formula is C12H15N3O5. The summed E-state index contributed by atoms with van der Waals surface area (Å²) < 4.78 is 6.18. The predicted molar refractivity (Wildman–Crippen MR) is 66.3 cm³/mol. The molecule has 0 aromatic carbocycles. The summed E-state index contributed by atoms with van der Waals surface area (Å²) in [5.74, 6) is -1.84. The first-order valence-corrected chi connectivity index (χ1v) is 6.29. The molecule has 0 saturated heterocycles. The molecule has 0 fully saturated rings. The van der Waals surface area contributed by atoms with Crippen LogP contribution in [-0.4, -0.2) is 57.3 Å². The van der Waals surface area contributed by atoms with Crippen molar-refractivity contribution in [3.63, 3.8) is 0 Å². The number of carboxylic acids is 1. The molecule has 1 aliphatic rings. The number of amides is 1. The third kappa shape index (κ3) is 2.79. The van der Waals surface area contributed by atoms with Crippen LogP contribution in [0.4, 0.5) is 0 Å². The highest BCUT2D eigenvalue weighted by atomic mass is 16.5. The van der Waals surface area contributed by atoms with Crippen LogP contribution in [0.3, 0.4) is 0 Å². The largest absolute Gasteiger partial charge is 0.476 e. The highest BCUT2D eigenvalue weighted by Crippen LogP contribution is 2.14. The summed E-state index contributed by atoms with van der Waals surface area (Å²) in [4.78, 5) is 35.8. The average molecular weight is 281 g/mol. The molecule has 2 heterocycles. The van der Waals surface area contributed by atoms with Gasteiger partial charge in [0.25, 0.3) is 5.91 Å². The van der Waals surface area contributed by atoms with Crippen LogP contribution in [0, 0.1) is 0 Å². The van der Waals surface area contributed by atoms with Gasteiger partial charge in [-0.25, -0.2) is 4.79 Å². The van der Waals surface area contributed by atoms with E-state index in [0.29, 0.717) is 19.7 Å². The van der Waals surface area contributed by atoms with Gasteiger partial charge in [0, 0.05) is 19.2 Å². The van der Waals surface area contributed by atoms with Crippen molar-refractivity contribution in [2.45, 2.75) is 19.9 Å². The number of hydrogen-bond donors (Lipinski definition) is 1. The number of aromatic nitrogens is 2. The lowest BCUT2D eigenvalue weighted by molar-refractivity contribution is -0.143. The van der Waals surface area contributed by atoms with Gasteiger partial charge in [-0.2, -0.15) is 5.10 Å². The Balaban J connectivity index is 2.04. The maximum atomic E-state index is 12.1. The summed E-state index contributed by atoms with van der Waals surface area (Å²) >= 11 is 0. The molecule has 0 atom stereocenters. The summed E-state index contributed by atoms with van der Waals surface area (Å²) in [6.45, 7) is 3.09. The predicted octanol–water partition coefficient (Wildman–Crippen LogP) is -0.00970. The molecule has 1 N–H and O–H groups in total. The highest BCUT2D eigenvalue weighted by molar-refractivity contribution is 5.96. The van der Waals surface area contributed by atoms with Crippen molar-refractivity contribution < 1.29 is 24.2 Å². The fourth-order valence-corrected chi connectivity index (χ4v) is 2.02. The zero-order valence-corrected chi connectivity index (χ0v) is 11.0. The fourth-order valence-electron chi connectivity index (χ4n) is 2.02. The van der Waals surface area contributed by atoms with E-state index >= 15 is 0 Å². The number of rotatable bonds is 5. The van der Waals surface area contributed by atoms with Gasteiger partial charge in [-0.1, -0.05) is 0 Å². The number of ether oxygens (including phenoxy) is 1. The van der Waals surface area contributed by atoms with Gasteiger partial charge in [-0.05, 0) is 6.92 Å². The molecule has 2 rings (SSSR count). The molecule has 0 aliphatic carbocycles.